The van der Waals surface area contributed by atoms with Crippen molar-refractivity contribution in [3.05, 3.63) is 26.7 Å². The predicted octanol–water partition coefficient (Wildman–Crippen LogP) is 4.09. The summed E-state index contributed by atoms with van der Waals surface area (Å²) in [5, 5.41) is 4.93. The van der Waals surface area contributed by atoms with Gasteiger partial charge in [-0.15, -0.1) is 0 Å². The van der Waals surface area contributed by atoms with Crippen molar-refractivity contribution in [3.8, 4) is 0 Å². The van der Waals surface area contributed by atoms with Gasteiger partial charge in [0.1, 0.15) is 0 Å². The summed E-state index contributed by atoms with van der Waals surface area (Å²) in [6.45, 7) is 2.07. The van der Waals surface area contributed by atoms with Crippen molar-refractivity contribution in [2.24, 2.45) is 0 Å². The lowest BCUT2D eigenvalue weighted by Gasteiger charge is -2.21. The van der Waals surface area contributed by atoms with E-state index in [1.807, 2.05) is 12.1 Å². The second-order valence-electron chi connectivity index (χ2n) is 5.07. The average molecular weight is 350 g/mol. The minimum absolute atomic E-state index is 0.594. The van der Waals surface area contributed by atoms with Crippen LogP contribution in [0.25, 0.3) is 0 Å². The van der Waals surface area contributed by atoms with E-state index < -0.39 is 0 Å². The van der Waals surface area contributed by atoms with E-state index in [-0.39, 0.29) is 0 Å². The first-order chi connectivity index (χ1) is 8.65. The summed E-state index contributed by atoms with van der Waals surface area (Å²) in [7, 11) is 0. The zero-order chi connectivity index (χ0) is 12.7. The van der Waals surface area contributed by atoms with Gasteiger partial charge < -0.3 is 10.2 Å². The maximum Gasteiger partial charge on any atom is 0.0837 e. The number of halogens is 3. The predicted molar refractivity (Wildman–Crippen MR) is 80.9 cm³/mol. The van der Waals surface area contributed by atoms with Crippen LogP contribution in [0.1, 0.15) is 19.3 Å². The van der Waals surface area contributed by atoms with Crippen LogP contribution in [0.4, 0.5) is 5.69 Å². The van der Waals surface area contributed by atoms with Gasteiger partial charge in [-0.25, -0.2) is 0 Å². The second kappa shape index (κ2) is 5.20. The molecule has 1 aromatic rings. The quantitative estimate of drug-likeness (QED) is 0.827. The fraction of sp³-hybridized carbons (Fsp3) is 0.538. The van der Waals surface area contributed by atoms with Crippen molar-refractivity contribution in [2.75, 3.05) is 18.0 Å². The molecule has 0 radical (unpaired) electrons. The SMILES string of the molecule is Clc1c(Br)ccc(N2CCC(NC3CC3)C2)c1Cl. The topological polar surface area (TPSA) is 15.3 Å². The number of nitrogens with zero attached hydrogens (tertiary/aromatic N) is 1. The summed E-state index contributed by atoms with van der Waals surface area (Å²) in [4.78, 5) is 2.32. The highest BCUT2D eigenvalue weighted by Gasteiger charge is 2.30. The zero-order valence-electron chi connectivity index (χ0n) is 9.93. The maximum absolute atomic E-state index is 6.32. The third-order valence-corrected chi connectivity index (χ3v) is 5.35. The smallest absolute Gasteiger partial charge is 0.0837 e. The van der Waals surface area contributed by atoms with Gasteiger partial charge in [0.15, 0.2) is 0 Å². The van der Waals surface area contributed by atoms with Crippen molar-refractivity contribution < 1.29 is 0 Å². The molecule has 0 amide bonds. The van der Waals surface area contributed by atoms with E-state index in [9.17, 15) is 0 Å². The van der Waals surface area contributed by atoms with Crippen LogP contribution in [0, 0.1) is 0 Å². The Hall–Kier alpha value is 0.0400. The molecule has 5 heteroatoms. The number of rotatable bonds is 3. The molecule has 1 saturated carbocycles. The lowest BCUT2D eigenvalue weighted by atomic mass is 10.2. The van der Waals surface area contributed by atoms with Crippen molar-refractivity contribution >= 4 is 44.8 Å². The van der Waals surface area contributed by atoms with Crippen LogP contribution in [0.3, 0.4) is 0 Å². The molecule has 2 nitrogen and oxygen atoms in total. The lowest BCUT2D eigenvalue weighted by molar-refractivity contribution is 0.548. The minimum atomic E-state index is 0.594. The molecular weight excluding hydrogens is 335 g/mol. The fourth-order valence-electron chi connectivity index (χ4n) is 2.46. The largest absolute Gasteiger partial charge is 0.369 e. The second-order valence-corrected chi connectivity index (χ2v) is 6.68. The van der Waals surface area contributed by atoms with Crippen LogP contribution in [0.15, 0.2) is 16.6 Å². The molecule has 0 aromatic heterocycles. The monoisotopic (exact) mass is 348 g/mol. The van der Waals surface area contributed by atoms with Gasteiger partial charge in [-0.3, -0.25) is 0 Å². The average Bonchev–Trinajstić information content (AvgIpc) is 3.04. The summed E-state index contributed by atoms with van der Waals surface area (Å²) in [6.07, 6.45) is 3.85. The first kappa shape index (κ1) is 13.0. The van der Waals surface area contributed by atoms with Gasteiger partial charge in [0.05, 0.1) is 15.7 Å². The van der Waals surface area contributed by atoms with E-state index in [0.717, 1.165) is 29.3 Å². The minimum Gasteiger partial charge on any atom is -0.369 e. The summed E-state index contributed by atoms with van der Waals surface area (Å²) >= 11 is 15.9. The molecule has 0 spiro atoms. The van der Waals surface area contributed by atoms with E-state index in [0.29, 0.717) is 16.1 Å². The molecule has 0 bridgehead atoms. The Morgan fingerprint density at radius 3 is 2.61 bits per heavy atom. The highest BCUT2D eigenvalue weighted by atomic mass is 79.9. The van der Waals surface area contributed by atoms with Crippen LogP contribution in [-0.2, 0) is 0 Å². The van der Waals surface area contributed by atoms with Gasteiger partial charge in [0, 0.05) is 29.6 Å². The molecular formula is C13H15BrCl2N2. The summed E-state index contributed by atoms with van der Waals surface area (Å²) in [5.74, 6) is 0. The first-order valence-electron chi connectivity index (χ1n) is 6.29. The number of hydrogen-bond acceptors (Lipinski definition) is 2. The van der Waals surface area contributed by atoms with E-state index in [2.05, 4.69) is 26.1 Å². The molecule has 2 fully saturated rings. The Balaban J connectivity index is 1.73. The number of anilines is 1. The van der Waals surface area contributed by atoms with E-state index in [1.54, 1.807) is 0 Å². The molecule has 1 N–H and O–H groups in total. The zero-order valence-corrected chi connectivity index (χ0v) is 13.0. The molecule has 1 saturated heterocycles. The Morgan fingerprint density at radius 1 is 1.11 bits per heavy atom. The molecule has 98 valence electrons. The number of nitrogens with one attached hydrogen (secondary N) is 1. The van der Waals surface area contributed by atoms with Crippen LogP contribution < -0.4 is 10.2 Å². The third-order valence-electron chi connectivity index (χ3n) is 3.59. The maximum atomic E-state index is 6.32. The number of benzene rings is 1. The van der Waals surface area contributed by atoms with Gasteiger partial charge in [-0.05, 0) is 47.3 Å². The van der Waals surface area contributed by atoms with Gasteiger partial charge in [0.2, 0.25) is 0 Å². The fourth-order valence-corrected chi connectivity index (χ4v) is 3.35. The molecule has 1 aromatic carbocycles. The molecule has 1 heterocycles. The molecule has 18 heavy (non-hydrogen) atoms. The molecule has 2 aliphatic rings. The van der Waals surface area contributed by atoms with Gasteiger partial charge >= 0.3 is 0 Å². The van der Waals surface area contributed by atoms with Crippen molar-refractivity contribution in [3.63, 3.8) is 0 Å². The normalized spacial score (nSPS) is 23.7. The Kier molecular flexibility index (Phi) is 3.77. The van der Waals surface area contributed by atoms with Gasteiger partial charge in [0.25, 0.3) is 0 Å². The number of hydrogen-bond donors (Lipinski definition) is 1. The molecule has 1 aliphatic carbocycles. The van der Waals surface area contributed by atoms with Crippen molar-refractivity contribution in [1.82, 2.24) is 5.32 Å². The Morgan fingerprint density at radius 2 is 1.89 bits per heavy atom. The van der Waals surface area contributed by atoms with E-state index >= 15 is 0 Å². The van der Waals surface area contributed by atoms with Crippen molar-refractivity contribution in [1.29, 1.82) is 0 Å². The van der Waals surface area contributed by atoms with Crippen LogP contribution in [0.5, 0.6) is 0 Å². The summed E-state index contributed by atoms with van der Waals surface area (Å²) < 4.78 is 0.852. The van der Waals surface area contributed by atoms with Crippen molar-refractivity contribution in [2.45, 2.75) is 31.3 Å². The molecule has 3 rings (SSSR count). The third kappa shape index (κ3) is 2.64. The van der Waals surface area contributed by atoms with Gasteiger partial charge in [-0.2, -0.15) is 0 Å². The van der Waals surface area contributed by atoms with Gasteiger partial charge in [-0.1, -0.05) is 23.2 Å². The molecule has 1 unspecified atom stereocenters. The van der Waals surface area contributed by atoms with Crippen LogP contribution >= 0.6 is 39.1 Å². The van der Waals surface area contributed by atoms with Crippen LogP contribution in [0.2, 0.25) is 10.0 Å². The van der Waals surface area contributed by atoms with E-state index in [1.165, 1.54) is 19.3 Å². The Labute approximate surface area is 126 Å². The lowest BCUT2D eigenvalue weighted by Crippen LogP contribution is -2.34. The highest BCUT2D eigenvalue weighted by Crippen LogP contribution is 2.38. The van der Waals surface area contributed by atoms with Crippen LogP contribution in [-0.4, -0.2) is 25.2 Å². The summed E-state index contributed by atoms with van der Waals surface area (Å²) in [6, 6.07) is 5.36. The van der Waals surface area contributed by atoms with E-state index in [4.69, 9.17) is 23.2 Å². The highest BCUT2D eigenvalue weighted by molar-refractivity contribution is 9.10. The molecule has 1 atom stereocenters. The first-order valence-corrected chi connectivity index (χ1v) is 7.84. The standard InChI is InChI=1S/C13H15BrCl2N2/c14-10-3-4-11(13(16)12(10)15)18-6-5-9(7-18)17-8-1-2-8/h3-4,8-9,17H,1-2,5-7H2. The summed E-state index contributed by atoms with van der Waals surface area (Å²) in [5.41, 5.74) is 1.05. The Bertz CT molecular complexity index is 463. The molecule has 1 aliphatic heterocycles.